The Balaban J connectivity index is 1.52. The van der Waals surface area contributed by atoms with Gasteiger partial charge in [-0.05, 0) is 44.2 Å². The Morgan fingerprint density at radius 2 is 1.70 bits per heavy atom. The van der Waals surface area contributed by atoms with Crippen molar-refractivity contribution in [1.82, 2.24) is 10.6 Å². The molecule has 6 heteroatoms. The lowest BCUT2D eigenvalue weighted by atomic mass is 9.97. The molecule has 0 saturated carbocycles. The summed E-state index contributed by atoms with van der Waals surface area (Å²) in [5, 5.41) is 5.67. The number of carbonyl (C=O) groups is 2. The van der Waals surface area contributed by atoms with Crippen LogP contribution >= 0.6 is 0 Å². The van der Waals surface area contributed by atoms with Crippen molar-refractivity contribution in [1.29, 1.82) is 0 Å². The van der Waals surface area contributed by atoms with Gasteiger partial charge in [0.15, 0.2) is 0 Å². The lowest BCUT2D eigenvalue weighted by Gasteiger charge is -2.25. The maximum atomic E-state index is 12.4. The highest BCUT2D eigenvalue weighted by Crippen LogP contribution is 2.19. The van der Waals surface area contributed by atoms with Gasteiger partial charge >= 0.3 is 11.8 Å². The molecule has 1 aromatic carbocycles. The van der Waals surface area contributed by atoms with Crippen LogP contribution in [0.2, 0.25) is 0 Å². The van der Waals surface area contributed by atoms with E-state index >= 15 is 0 Å². The van der Waals surface area contributed by atoms with Crippen LogP contribution in [0, 0.1) is 0 Å². The van der Waals surface area contributed by atoms with Gasteiger partial charge in [0.05, 0.1) is 19.6 Å². The van der Waals surface area contributed by atoms with E-state index in [1.807, 2.05) is 14.1 Å². The predicted octanol–water partition coefficient (Wildman–Crippen LogP) is 1.60. The van der Waals surface area contributed by atoms with Crippen molar-refractivity contribution in [3.05, 3.63) is 41.5 Å². The Morgan fingerprint density at radius 1 is 1.00 bits per heavy atom. The molecule has 0 radical (unpaired) electrons. The van der Waals surface area contributed by atoms with Gasteiger partial charge in [-0.1, -0.05) is 23.8 Å². The number of allylic oxidation sites excluding steroid dienone is 1. The Bertz CT molecular complexity index is 736. The van der Waals surface area contributed by atoms with Crippen molar-refractivity contribution in [3.8, 4) is 0 Å². The standard InChI is InChI=1S/C24H36N4O2/c1-27(2)21-12-10-20(11-13-21)22(28-16-6-7-17-28)18-26-24(30)23(29)25-15-14-19-8-4-3-5-9-19/h8,10-13,22H,3-7,9,14-18H2,1-2H3,(H,25,29)(H,26,30)/p+1/t22-/m1/s1. The number of hydrogen-bond acceptors (Lipinski definition) is 3. The number of hydrogen-bond donors (Lipinski definition) is 3. The fourth-order valence-electron chi connectivity index (χ4n) is 4.50. The number of nitrogens with one attached hydrogen (secondary N) is 3. The molecule has 1 fully saturated rings. The SMILES string of the molecule is CN(C)c1ccc([C@@H](CNC(=O)C(=O)NCCC2=CCCCC2)[NH+]2CCCC2)cc1. The number of anilines is 1. The van der Waals surface area contributed by atoms with E-state index in [0.29, 0.717) is 13.1 Å². The van der Waals surface area contributed by atoms with Crippen molar-refractivity contribution < 1.29 is 14.5 Å². The third-order valence-electron chi connectivity index (χ3n) is 6.34. The number of amides is 2. The van der Waals surface area contributed by atoms with Crippen LogP contribution in [0.1, 0.15) is 56.6 Å². The van der Waals surface area contributed by atoms with Crippen LogP contribution in [-0.4, -0.2) is 52.1 Å². The molecule has 0 aromatic heterocycles. The number of nitrogens with zero attached hydrogens (tertiary/aromatic N) is 1. The summed E-state index contributed by atoms with van der Waals surface area (Å²) < 4.78 is 0. The fraction of sp³-hybridized carbons (Fsp3) is 0.583. The third-order valence-corrected chi connectivity index (χ3v) is 6.34. The molecule has 0 bridgehead atoms. The first-order chi connectivity index (χ1) is 14.5. The molecule has 0 spiro atoms. The minimum Gasteiger partial charge on any atom is -0.378 e. The molecule has 1 aliphatic carbocycles. The summed E-state index contributed by atoms with van der Waals surface area (Å²) in [4.78, 5) is 28.1. The monoisotopic (exact) mass is 413 g/mol. The summed E-state index contributed by atoms with van der Waals surface area (Å²) in [7, 11) is 4.06. The molecule has 1 aliphatic heterocycles. The normalized spacial score (nSPS) is 17.9. The average molecular weight is 414 g/mol. The molecule has 1 heterocycles. The van der Waals surface area contributed by atoms with Crippen LogP contribution in [0.5, 0.6) is 0 Å². The van der Waals surface area contributed by atoms with E-state index in [-0.39, 0.29) is 6.04 Å². The average Bonchev–Trinajstić information content (AvgIpc) is 3.29. The molecular formula is C24H37N4O2+. The molecule has 1 atom stereocenters. The minimum atomic E-state index is -0.527. The number of benzene rings is 1. The molecule has 2 amide bonds. The van der Waals surface area contributed by atoms with Crippen LogP contribution in [0.3, 0.4) is 0 Å². The highest BCUT2D eigenvalue weighted by molar-refractivity contribution is 6.35. The van der Waals surface area contributed by atoms with E-state index in [2.05, 4.69) is 45.9 Å². The first kappa shape index (κ1) is 22.3. The second kappa shape index (κ2) is 11.2. The lowest BCUT2D eigenvalue weighted by Crippen LogP contribution is -3.11. The highest BCUT2D eigenvalue weighted by atomic mass is 16.2. The first-order valence-electron chi connectivity index (χ1n) is 11.4. The van der Waals surface area contributed by atoms with Gasteiger partial charge < -0.3 is 20.4 Å². The van der Waals surface area contributed by atoms with Crippen LogP contribution < -0.4 is 20.4 Å². The largest absolute Gasteiger partial charge is 0.378 e. The Labute approximate surface area is 180 Å². The number of carbonyl (C=O) groups excluding carboxylic acids is 2. The van der Waals surface area contributed by atoms with E-state index in [4.69, 9.17) is 0 Å². The summed E-state index contributed by atoms with van der Waals surface area (Å²) in [5.41, 5.74) is 3.77. The van der Waals surface area contributed by atoms with E-state index in [1.54, 1.807) is 0 Å². The molecule has 2 aliphatic rings. The van der Waals surface area contributed by atoms with E-state index in [9.17, 15) is 9.59 Å². The van der Waals surface area contributed by atoms with Crippen molar-refractivity contribution in [2.24, 2.45) is 0 Å². The zero-order valence-electron chi connectivity index (χ0n) is 18.5. The van der Waals surface area contributed by atoms with Gasteiger partial charge in [0.1, 0.15) is 6.04 Å². The van der Waals surface area contributed by atoms with E-state index in [0.717, 1.165) is 38.0 Å². The fourth-order valence-corrected chi connectivity index (χ4v) is 4.50. The number of quaternary nitrogens is 1. The maximum absolute atomic E-state index is 12.4. The second-order valence-electron chi connectivity index (χ2n) is 8.73. The van der Waals surface area contributed by atoms with Crippen LogP contribution in [-0.2, 0) is 9.59 Å². The van der Waals surface area contributed by atoms with Gasteiger partial charge in [0, 0.05) is 44.7 Å². The van der Waals surface area contributed by atoms with Crippen molar-refractivity contribution in [3.63, 3.8) is 0 Å². The molecule has 164 valence electrons. The van der Waals surface area contributed by atoms with Gasteiger partial charge in [-0.3, -0.25) is 9.59 Å². The van der Waals surface area contributed by atoms with Gasteiger partial charge in [-0.15, -0.1) is 0 Å². The Morgan fingerprint density at radius 3 is 2.33 bits per heavy atom. The maximum Gasteiger partial charge on any atom is 0.309 e. The van der Waals surface area contributed by atoms with Crippen molar-refractivity contribution in [2.75, 3.05) is 45.2 Å². The summed E-state index contributed by atoms with van der Waals surface area (Å²) in [6, 6.07) is 8.71. The van der Waals surface area contributed by atoms with Gasteiger partial charge in [0.2, 0.25) is 0 Å². The summed E-state index contributed by atoms with van der Waals surface area (Å²) in [5.74, 6) is -1.05. The highest BCUT2D eigenvalue weighted by Gasteiger charge is 2.28. The molecule has 1 saturated heterocycles. The number of likely N-dealkylation sites (tertiary alicyclic amines) is 1. The molecule has 3 rings (SSSR count). The van der Waals surface area contributed by atoms with Crippen LogP contribution in [0.15, 0.2) is 35.9 Å². The predicted molar refractivity (Wildman–Crippen MR) is 121 cm³/mol. The van der Waals surface area contributed by atoms with Crippen LogP contribution in [0.25, 0.3) is 0 Å². The summed E-state index contributed by atoms with van der Waals surface area (Å²) in [6.45, 7) is 3.23. The summed E-state index contributed by atoms with van der Waals surface area (Å²) in [6.07, 6.45) is 10.3. The lowest BCUT2D eigenvalue weighted by molar-refractivity contribution is -0.918. The first-order valence-corrected chi connectivity index (χ1v) is 11.4. The molecule has 0 unspecified atom stereocenters. The number of rotatable bonds is 8. The van der Waals surface area contributed by atoms with Gasteiger partial charge in [0.25, 0.3) is 0 Å². The van der Waals surface area contributed by atoms with Crippen LogP contribution in [0.4, 0.5) is 5.69 Å². The smallest absolute Gasteiger partial charge is 0.309 e. The quantitative estimate of drug-likeness (QED) is 0.448. The van der Waals surface area contributed by atoms with Gasteiger partial charge in [-0.2, -0.15) is 0 Å². The van der Waals surface area contributed by atoms with Gasteiger partial charge in [-0.25, -0.2) is 0 Å². The zero-order chi connectivity index (χ0) is 21.3. The summed E-state index contributed by atoms with van der Waals surface area (Å²) >= 11 is 0. The molecule has 6 nitrogen and oxygen atoms in total. The molecule has 30 heavy (non-hydrogen) atoms. The van der Waals surface area contributed by atoms with Crippen molar-refractivity contribution in [2.45, 2.75) is 51.0 Å². The third kappa shape index (κ3) is 6.33. The molecule has 1 aromatic rings. The van der Waals surface area contributed by atoms with E-state index in [1.165, 1.54) is 41.7 Å². The minimum absolute atomic E-state index is 0.174. The Kier molecular flexibility index (Phi) is 8.31. The Hall–Kier alpha value is -2.34. The second-order valence-corrected chi connectivity index (χ2v) is 8.73. The van der Waals surface area contributed by atoms with E-state index < -0.39 is 11.8 Å². The molecule has 3 N–H and O–H groups in total. The molecular weight excluding hydrogens is 376 g/mol. The van der Waals surface area contributed by atoms with Crippen molar-refractivity contribution >= 4 is 17.5 Å². The zero-order valence-corrected chi connectivity index (χ0v) is 18.5. The topological polar surface area (TPSA) is 65.9 Å².